The molecule has 0 saturated heterocycles. The molecule has 5 heteroatoms. The van der Waals surface area contributed by atoms with Crippen LogP contribution in [0.3, 0.4) is 0 Å². The molecule has 1 rings (SSSR count). The molecule has 1 heterocycles. The van der Waals surface area contributed by atoms with E-state index >= 15 is 0 Å². The molecule has 1 atom stereocenters. The van der Waals surface area contributed by atoms with Gasteiger partial charge in [0, 0.05) is 30.6 Å². The largest absolute Gasteiger partial charge is 0.389 e. The third kappa shape index (κ3) is 3.63. The number of pyridine rings is 1. The lowest BCUT2D eigenvalue weighted by molar-refractivity contribution is 0.0727. The standard InChI is InChI=1S/C11H17ClN2O2/c1-7-4-10(8(2)11(12)14-7)13-5-9(15)6-16-3/h4,9,15H,5-6H2,1-3H3,(H,13,14)/t9-/m1/s1. The highest BCUT2D eigenvalue weighted by Crippen LogP contribution is 2.22. The van der Waals surface area contributed by atoms with Crippen LogP contribution in [0, 0.1) is 13.8 Å². The molecule has 0 aliphatic heterocycles. The lowest BCUT2D eigenvalue weighted by Gasteiger charge is -2.14. The Labute approximate surface area is 101 Å². The Bertz CT molecular complexity index is 358. The fraction of sp³-hybridized carbons (Fsp3) is 0.545. The number of hydrogen-bond donors (Lipinski definition) is 2. The smallest absolute Gasteiger partial charge is 0.134 e. The van der Waals surface area contributed by atoms with Gasteiger partial charge in [0.05, 0.1) is 12.7 Å². The SMILES string of the molecule is COC[C@H](O)CNc1cc(C)nc(Cl)c1C. The summed E-state index contributed by atoms with van der Waals surface area (Å²) in [4.78, 5) is 4.14. The molecule has 4 nitrogen and oxygen atoms in total. The van der Waals surface area contributed by atoms with Crippen molar-refractivity contribution >= 4 is 17.3 Å². The van der Waals surface area contributed by atoms with Gasteiger partial charge in [0.1, 0.15) is 5.15 Å². The van der Waals surface area contributed by atoms with Crippen molar-refractivity contribution in [3.63, 3.8) is 0 Å². The highest BCUT2D eigenvalue weighted by Gasteiger charge is 2.07. The summed E-state index contributed by atoms with van der Waals surface area (Å²) >= 11 is 5.96. The van der Waals surface area contributed by atoms with Crippen molar-refractivity contribution in [2.45, 2.75) is 20.0 Å². The van der Waals surface area contributed by atoms with Gasteiger partial charge in [-0.25, -0.2) is 4.98 Å². The molecule has 2 N–H and O–H groups in total. The van der Waals surface area contributed by atoms with Gasteiger partial charge in [-0.1, -0.05) is 11.6 Å². The molecule has 0 aromatic carbocycles. The number of aliphatic hydroxyl groups is 1. The van der Waals surface area contributed by atoms with E-state index in [0.29, 0.717) is 18.3 Å². The second-order valence-electron chi connectivity index (χ2n) is 3.72. The molecule has 0 radical (unpaired) electrons. The fourth-order valence-corrected chi connectivity index (χ4v) is 1.60. The molecule has 1 aromatic heterocycles. The van der Waals surface area contributed by atoms with E-state index in [1.807, 2.05) is 19.9 Å². The third-order valence-electron chi connectivity index (χ3n) is 2.23. The maximum atomic E-state index is 9.50. The summed E-state index contributed by atoms with van der Waals surface area (Å²) in [7, 11) is 1.56. The van der Waals surface area contributed by atoms with Crippen molar-refractivity contribution in [2.75, 3.05) is 25.6 Å². The number of aromatic nitrogens is 1. The summed E-state index contributed by atoms with van der Waals surface area (Å²) < 4.78 is 4.84. The Hall–Kier alpha value is -0.840. The van der Waals surface area contributed by atoms with Crippen LogP contribution in [-0.4, -0.2) is 36.5 Å². The summed E-state index contributed by atoms with van der Waals surface area (Å²) in [5, 5.41) is 13.1. The predicted octanol–water partition coefficient (Wildman–Crippen LogP) is 1.77. The first-order chi connectivity index (χ1) is 7.54. The van der Waals surface area contributed by atoms with E-state index in [9.17, 15) is 5.11 Å². The Morgan fingerprint density at radius 3 is 2.88 bits per heavy atom. The molecule has 0 bridgehead atoms. The number of hydrogen-bond acceptors (Lipinski definition) is 4. The molecule has 90 valence electrons. The molecular formula is C11H17ClN2O2. The molecule has 1 aromatic rings. The Morgan fingerprint density at radius 2 is 2.25 bits per heavy atom. The van der Waals surface area contributed by atoms with Crippen LogP contribution in [0.2, 0.25) is 5.15 Å². The highest BCUT2D eigenvalue weighted by atomic mass is 35.5. The molecule has 0 unspecified atom stereocenters. The molecule has 0 aliphatic carbocycles. The maximum absolute atomic E-state index is 9.50. The van der Waals surface area contributed by atoms with Crippen LogP contribution in [0.5, 0.6) is 0 Å². The summed E-state index contributed by atoms with van der Waals surface area (Å²) in [6.07, 6.45) is -0.531. The number of aryl methyl sites for hydroxylation is 1. The van der Waals surface area contributed by atoms with Gasteiger partial charge in [-0.2, -0.15) is 0 Å². The zero-order chi connectivity index (χ0) is 12.1. The van der Waals surface area contributed by atoms with Gasteiger partial charge in [0.2, 0.25) is 0 Å². The number of ether oxygens (including phenoxy) is 1. The lowest BCUT2D eigenvalue weighted by atomic mass is 10.2. The summed E-state index contributed by atoms with van der Waals surface area (Å²) in [6, 6.07) is 1.90. The quantitative estimate of drug-likeness (QED) is 0.776. The van der Waals surface area contributed by atoms with E-state index in [-0.39, 0.29) is 0 Å². The van der Waals surface area contributed by atoms with Crippen LogP contribution < -0.4 is 5.32 Å². The van der Waals surface area contributed by atoms with Gasteiger partial charge < -0.3 is 15.2 Å². The van der Waals surface area contributed by atoms with E-state index in [1.165, 1.54) is 0 Å². The van der Waals surface area contributed by atoms with Crippen LogP contribution in [-0.2, 0) is 4.74 Å². The van der Waals surface area contributed by atoms with Gasteiger partial charge in [0.25, 0.3) is 0 Å². The van der Waals surface area contributed by atoms with Crippen molar-refractivity contribution < 1.29 is 9.84 Å². The fourth-order valence-electron chi connectivity index (χ4n) is 1.36. The monoisotopic (exact) mass is 244 g/mol. The number of nitrogens with zero attached hydrogens (tertiary/aromatic N) is 1. The minimum atomic E-state index is -0.531. The number of methoxy groups -OCH3 is 1. The average molecular weight is 245 g/mol. The molecule has 16 heavy (non-hydrogen) atoms. The molecule has 0 amide bonds. The van der Waals surface area contributed by atoms with Crippen molar-refractivity contribution in [1.82, 2.24) is 4.98 Å². The maximum Gasteiger partial charge on any atom is 0.134 e. The summed E-state index contributed by atoms with van der Waals surface area (Å²) in [5.41, 5.74) is 2.63. The van der Waals surface area contributed by atoms with Gasteiger partial charge in [-0.05, 0) is 19.9 Å². The Balaban J connectivity index is 2.66. The number of nitrogens with one attached hydrogen (secondary N) is 1. The van der Waals surface area contributed by atoms with Crippen LogP contribution in [0.4, 0.5) is 5.69 Å². The number of anilines is 1. The van der Waals surface area contributed by atoms with E-state index in [4.69, 9.17) is 16.3 Å². The summed E-state index contributed by atoms with van der Waals surface area (Å²) in [6.45, 7) is 4.50. The topological polar surface area (TPSA) is 54.4 Å². The predicted molar refractivity (Wildman–Crippen MR) is 65.1 cm³/mol. The third-order valence-corrected chi connectivity index (χ3v) is 2.60. The number of halogens is 1. The zero-order valence-corrected chi connectivity index (χ0v) is 10.5. The molecule has 0 spiro atoms. The van der Waals surface area contributed by atoms with Crippen molar-refractivity contribution in [2.24, 2.45) is 0 Å². The van der Waals surface area contributed by atoms with Gasteiger partial charge in [-0.15, -0.1) is 0 Å². The lowest BCUT2D eigenvalue weighted by Crippen LogP contribution is -2.24. The molecular weight excluding hydrogens is 228 g/mol. The second-order valence-corrected chi connectivity index (χ2v) is 4.08. The number of rotatable bonds is 5. The van der Waals surface area contributed by atoms with Crippen LogP contribution in [0.15, 0.2) is 6.07 Å². The highest BCUT2D eigenvalue weighted by molar-refractivity contribution is 6.30. The van der Waals surface area contributed by atoms with Gasteiger partial charge in [-0.3, -0.25) is 0 Å². The first-order valence-electron chi connectivity index (χ1n) is 5.09. The van der Waals surface area contributed by atoms with Crippen LogP contribution in [0.25, 0.3) is 0 Å². The molecule has 0 saturated carbocycles. The number of aliphatic hydroxyl groups excluding tert-OH is 1. The molecule has 0 aliphatic rings. The van der Waals surface area contributed by atoms with E-state index in [0.717, 1.165) is 16.9 Å². The summed E-state index contributed by atoms with van der Waals surface area (Å²) in [5.74, 6) is 0. The van der Waals surface area contributed by atoms with Crippen molar-refractivity contribution in [3.8, 4) is 0 Å². The van der Waals surface area contributed by atoms with Crippen LogP contribution in [0.1, 0.15) is 11.3 Å². The normalized spacial score (nSPS) is 12.6. The van der Waals surface area contributed by atoms with Crippen molar-refractivity contribution in [3.05, 3.63) is 22.5 Å². The minimum Gasteiger partial charge on any atom is -0.389 e. The Morgan fingerprint density at radius 1 is 1.56 bits per heavy atom. The van der Waals surface area contributed by atoms with E-state index in [2.05, 4.69) is 10.3 Å². The van der Waals surface area contributed by atoms with Crippen molar-refractivity contribution in [1.29, 1.82) is 0 Å². The van der Waals surface area contributed by atoms with E-state index in [1.54, 1.807) is 7.11 Å². The second kappa shape index (κ2) is 6.03. The minimum absolute atomic E-state index is 0.309. The first-order valence-corrected chi connectivity index (χ1v) is 5.47. The van der Waals surface area contributed by atoms with Crippen LogP contribution >= 0.6 is 11.6 Å². The zero-order valence-electron chi connectivity index (χ0n) is 9.75. The average Bonchev–Trinajstić information content (AvgIpc) is 2.21. The first kappa shape index (κ1) is 13.2. The van der Waals surface area contributed by atoms with E-state index < -0.39 is 6.10 Å². The molecule has 0 fully saturated rings. The van der Waals surface area contributed by atoms with Gasteiger partial charge in [0.15, 0.2) is 0 Å². The van der Waals surface area contributed by atoms with Gasteiger partial charge >= 0.3 is 0 Å². The Kier molecular flexibility index (Phi) is 4.99.